The van der Waals surface area contributed by atoms with Gasteiger partial charge >= 0.3 is 0 Å². The van der Waals surface area contributed by atoms with Gasteiger partial charge in [-0.05, 0) is 74.8 Å². The van der Waals surface area contributed by atoms with E-state index in [1.807, 2.05) is 11.3 Å². The number of thiophene rings is 1. The van der Waals surface area contributed by atoms with Crippen LogP contribution in [0, 0.1) is 13.8 Å². The largest absolute Gasteiger partial charge is 0.491 e. The lowest BCUT2D eigenvalue weighted by Crippen LogP contribution is -2.31. The van der Waals surface area contributed by atoms with E-state index in [1.54, 1.807) is 0 Å². The van der Waals surface area contributed by atoms with E-state index in [0.29, 0.717) is 12.6 Å². The first kappa shape index (κ1) is 18.4. The number of para-hydroxylation sites is 1. The fraction of sp³-hybridized carbons (Fsp3) is 0.524. The maximum absolute atomic E-state index is 6.05. The highest BCUT2D eigenvalue weighted by molar-refractivity contribution is 7.10. The molecule has 1 aromatic heterocycles. The lowest BCUT2D eigenvalue weighted by atomic mass is 10.1. The first-order valence-electron chi connectivity index (χ1n) is 9.33. The van der Waals surface area contributed by atoms with Crippen LogP contribution < -0.4 is 10.1 Å². The number of likely N-dealkylation sites (tertiary alicyclic amines) is 1. The molecule has 1 fully saturated rings. The van der Waals surface area contributed by atoms with Gasteiger partial charge in [-0.15, -0.1) is 11.3 Å². The average molecular weight is 359 g/mol. The van der Waals surface area contributed by atoms with Crippen LogP contribution in [0.4, 0.5) is 0 Å². The second kappa shape index (κ2) is 8.84. The molecule has 136 valence electrons. The quantitative estimate of drug-likeness (QED) is 0.751. The first-order valence-corrected chi connectivity index (χ1v) is 10.2. The fourth-order valence-electron chi connectivity index (χ4n) is 3.37. The van der Waals surface area contributed by atoms with Gasteiger partial charge in [0.25, 0.3) is 0 Å². The van der Waals surface area contributed by atoms with Crippen LogP contribution in [0.2, 0.25) is 0 Å². The zero-order valence-electron chi connectivity index (χ0n) is 15.7. The molecular formula is C21H30N2OS. The highest BCUT2D eigenvalue weighted by Crippen LogP contribution is 2.22. The van der Waals surface area contributed by atoms with Crippen LogP contribution in [-0.2, 0) is 13.1 Å². The molecule has 25 heavy (non-hydrogen) atoms. The SMILES string of the molecule is Cc1cccc(C)c1OCC(C)NCc1cc(CN2CCCC2)cs1. The lowest BCUT2D eigenvalue weighted by Gasteiger charge is -2.17. The highest BCUT2D eigenvalue weighted by atomic mass is 32.1. The van der Waals surface area contributed by atoms with Crippen LogP contribution >= 0.6 is 11.3 Å². The minimum Gasteiger partial charge on any atom is -0.491 e. The molecule has 0 spiro atoms. The van der Waals surface area contributed by atoms with Gasteiger partial charge in [-0.3, -0.25) is 4.90 Å². The standard InChI is InChI=1S/C21H30N2OS/c1-16-7-6-8-17(2)21(16)24-14-18(3)22-12-20-11-19(15-25-20)13-23-9-4-5-10-23/h6-8,11,15,18,22H,4-5,9-10,12-14H2,1-3H3. The summed E-state index contributed by atoms with van der Waals surface area (Å²) in [6, 6.07) is 8.97. The molecule has 0 aliphatic carbocycles. The molecule has 2 heterocycles. The molecule has 4 heteroatoms. The van der Waals surface area contributed by atoms with E-state index >= 15 is 0 Å². The molecule has 1 aliphatic heterocycles. The monoisotopic (exact) mass is 358 g/mol. The van der Waals surface area contributed by atoms with Crippen molar-refractivity contribution in [3.05, 3.63) is 51.2 Å². The lowest BCUT2D eigenvalue weighted by molar-refractivity contribution is 0.269. The van der Waals surface area contributed by atoms with Crippen LogP contribution in [0.15, 0.2) is 29.6 Å². The highest BCUT2D eigenvalue weighted by Gasteiger charge is 2.13. The van der Waals surface area contributed by atoms with Crippen molar-refractivity contribution in [1.82, 2.24) is 10.2 Å². The van der Waals surface area contributed by atoms with Crippen LogP contribution in [-0.4, -0.2) is 30.6 Å². The van der Waals surface area contributed by atoms with Gasteiger partial charge in [-0.25, -0.2) is 0 Å². The summed E-state index contributed by atoms with van der Waals surface area (Å²) in [5.74, 6) is 1.03. The Balaban J connectivity index is 1.43. The molecule has 2 aromatic rings. The Morgan fingerprint density at radius 1 is 1.20 bits per heavy atom. The number of nitrogens with zero attached hydrogens (tertiary/aromatic N) is 1. The first-order chi connectivity index (χ1) is 12.1. The summed E-state index contributed by atoms with van der Waals surface area (Å²) in [6.45, 7) is 11.6. The van der Waals surface area contributed by atoms with Gasteiger partial charge in [0, 0.05) is 24.0 Å². The van der Waals surface area contributed by atoms with Crippen LogP contribution in [0.1, 0.15) is 41.3 Å². The molecule has 0 radical (unpaired) electrons. The Morgan fingerprint density at radius 3 is 2.64 bits per heavy atom. The van der Waals surface area contributed by atoms with E-state index in [-0.39, 0.29) is 0 Å². The molecular weight excluding hydrogens is 328 g/mol. The van der Waals surface area contributed by atoms with Crippen molar-refractivity contribution in [1.29, 1.82) is 0 Å². The molecule has 0 bridgehead atoms. The van der Waals surface area contributed by atoms with Crippen molar-refractivity contribution in [2.45, 2.75) is 52.7 Å². The topological polar surface area (TPSA) is 24.5 Å². The van der Waals surface area contributed by atoms with Gasteiger partial charge in [0.05, 0.1) is 0 Å². The molecule has 1 saturated heterocycles. The number of nitrogens with one attached hydrogen (secondary N) is 1. The van der Waals surface area contributed by atoms with Crippen LogP contribution in [0.3, 0.4) is 0 Å². The Kier molecular flexibility index (Phi) is 6.51. The van der Waals surface area contributed by atoms with E-state index in [0.717, 1.165) is 18.8 Å². The Bertz CT molecular complexity index is 656. The summed E-state index contributed by atoms with van der Waals surface area (Å²) in [5, 5.41) is 5.90. The van der Waals surface area contributed by atoms with Gasteiger partial charge in [0.1, 0.15) is 12.4 Å². The summed E-state index contributed by atoms with van der Waals surface area (Å²) in [6.07, 6.45) is 2.72. The molecule has 1 N–H and O–H groups in total. The molecule has 1 aliphatic rings. The van der Waals surface area contributed by atoms with E-state index < -0.39 is 0 Å². The minimum absolute atomic E-state index is 0.322. The maximum atomic E-state index is 6.05. The predicted octanol–water partition coefficient (Wildman–Crippen LogP) is 4.52. The van der Waals surface area contributed by atoms with Gasteiger partial charge < -0.3 is 10.1 Å². The van der Waals surface area contributed by atoms with Gasteiger partial charge in [0.2, 0.25) is 0 Å². The maximum Gasteiger partial charge on any atom is 0.125 e. The van der Waals surface area contributed by atoms with E-state index in [4.69, 9.17) is 4.74 Å². The van der Waals surface area contributed by atoms with E-state index in [1.165, 1.54) is 47.5 Å². The second-order valence-corrected chi connectivity index (χ2v) is 8.21. The summed E-state index contributed by atoms with van der Waals surface area (Å²) < 4.78 is 6.05. The molecule has 1 atom stereocenters. The number of benzene rings is 1. The van der Waals surface area contributed by atoms with Crippen molar-refractivity contribution in [3.8, 4) is 5.75 Å². The number of aryl methyl sites for hydroxylation is 2. The Morgan fingerprint density at radius 2 is 1.92 bits per heavy atom. The summed E-state index contributed by atoms with van der Waals surface area (Å²) >= 11 is 1.86. The molecule has 1 aromatic carbocycles. The summed E-state index contributed by atoms with van der Waals surface area (Å²) in [4.78, 5) is 3.97. The normalized spacial score (nSPS) is 16.3. The van der Waals surface area contributed by atoms with E-state index in [2.05, 4.69) is 60.6 Å². The third-order valence-electron chi connectivity index (χ3n) is 4.82. The Labute approximate surface area is 156 Å². The average Bonchev–Trinajstić information content (AvgIpc) is 3.25. The Hall–Kier alpha value is -1.36. The van der Waals surface area contributed by atoms with Gasteiger partial charge in [-0.1, -0.05) is 18.2 Å². The molecule has 3 nitrogen and oxygen atoms in total. The van der Waals surface area contributed by atoms with E-state index in [9.17, 15) is 0 Å². The number of ether oxygens (including phenoxy) is 1. The van der Waals surface area contributed by atoms with Crippen LogP contribution in [0.25, 0.3) is 0 Å². The van der Waals surface area contributed by atoms with Gasteiger partial charge in [0.15, 0.2) is 0 Å². The fourth-order valence-corrected chi connectivity index (χ4v) is 4.20. The zero-order chi connectivity index (χ0) is 17.6. The van der Waals surface area contributed by atoms with Crippen molar-refractivity contribution in [2.75, 3.05) is 19.7 Å². The molecule has 0 saturated carbocycles. The smallest absolute Gasteiger partial charge is 0.125 e. The van der Waals surface area contributed by atoms with Crippen molar-refractivity contribution in [2.24, 2.45) is 0 Å². The van der Waals surface area contributed by atoms with Gasteiger partial charge in [-0.2, -0.15) is 0 Å². The van der Waals surface area contributed by atoms with Crippen LogP contribution in [0.5, 0.6) is 5.75 Å². The zero-order valence-corrected chi connectivity index (χ0v) is 16.5. The third-order valence-corrected chi connectivity index (χ3v) is 5.81. The van der Waals surface area contributed by atoms with Crippen molar-refractivity contribution in [3.63, 3.8) is 0 Å². The van der Waals surface area contributed by atoms with Crippen molar-refractivity contribution < 1.29 is 4.74 Å². The summed E-state index contributed by atoms with van der Waals surface area (Å²) in [7, 11) is 0. The third kappa shape index (κ3) is 5.30. The molecule has 1 unspecified atom stereocenters. The number of rotatable bonds is 8. The number of hydrogen-bond acceptors (Lipinski definition) is 4. The minimum atomic E-state index is 0.322. The molecule has 0 amide bonds. The predicted molar refractivity (Wildman–Crippen MR) is 107 cm³/mol. The second-order valence-electron chi connectivity index (χ2n) is 7.22. The summed E-state index contributed by atoms with van der Waals surface area (Å²) in [5.41, 5.74) is 3.87. The number of hydrogen-bond donors (Lipinski definition) is 1. The van der Waals surface area contributed by atoms with Crippen molar-refractivity contribution >= 4 is 11.3 Å². The molecule has 3 rings (SSSR count).